The second kappa shape index (κ2) is 12.5. The van der Waals surface area contributed by atoms with Crippen molar-refractivity contribution in [3.05, 3.63) is 48.5 Å². The zero-order valence-electron chi connectivity index (χ0n) is 15.8. The van der Waals surface area contributed by atoms with E-state index in [-0.39, 0.29) is 0 Å². The van der Waals surface area contributed by atoms with Crippen LogP contribution in [0.1, 0.15) is 58.8 Å². The van der Waals surface area contributed by atoms with Crippen molar-refractivity contribution >= 4 is 23.5 Å². The summed E-state index contributed by atoms with van der Waals surface area (Å²) in [6.07, 6.45) is 9.34. The van der Waals surface area contributed by atoms with E-state index in [1.165, 1.54) is 77.4 Å². The van der Waals surface area contributed by atoms with Gasteiger partial charge in [-0.1, -0.05) is 70.2 Å². The molecule has 0 saturated carbocycles. The summed E-state index contributed by atoms with van der Waals surface area (Å²) in [7, 11) is 0. The van der Waals surface area contributed by atoms with Gasteiger partial charge in [-0.3, -0.25) is 0 Å². The van der Waals surface area contributed by atoms with Crippen LogP contribution in [-0.4, -0.2) is 11.5 Å². The van der Waals surface area contributed by atoms with Crippen LogP contribution in [-0.2, 0) is 0 Å². The highest BCUT2D eigenvalue weighted by atomic mass is 32.2. The molecule has 2 aromatic rings. The predicted molar refractivity (Wildman–Crippen MR) is 117 cm³/mol. The fourth-order valence-electron chi connectivity index (χ4n) is 2.75. The van der Waals surface area contributed by atoms with Gasteiger partial charge in [0.15, 0.2) is 0 Å². The van der Waals surface area contributed by atoms with E-state index in [0.29, 0.717) is 0 Å². The first-order valence-electron chi connectivity index (χ1n) is 9.79. The maximum atomic E-state index is 2.27. The molecule has 0 unspecified atom stereocenters. The van der Waals surface area contributed by atoms with E-state index in [0.717, 1.165) is 0 Å². The van der Waals surface area contributed by atoms with E-state index in [4.69, 9.17) is 0 Å². The molecule has 0 fully saturated rings. The first-order valence-corrected chi connectivity index (χ1v) is 11.8. The Morgan fingerprint density at radius 3 is 1.36 bits per heavy atom. The molecular weight excluding hydrogens is 340 g/mol. The van der Waals surface area contributed by atoms with Gasteiger partial charge in [0.1, 0.15) is 0 Å². The lowest BCUT2D eigenvalue weighted by molar-refractivity contribution is 0.706. The van der Waals surface area contributed by atoms with Crippen LogP contribution in [0, 0.1) is 0 Å². The monoisotopic (exact) mass is 372 g/mol. The van der Waals surface area contributed by atoms with Crippen LogP contribution in [0.4, 0.5) is 0 Å². The first kappa shape index (κ1) is 20.5. The van der Waals surface area contributed by atoms with E-state index < -0.39 is 0 Å². The Morgan fingerprint density at radius 2 is 0.920 bits per heavy atom. The topological polar surface area (TPSA) is 0 Å². The Kier molecular flexibility index (Phi) is 10.2. The van der Waals surface area contributed by atoms with E-state index in [1.54, 1.807) is 0 Å². The van der Waals surface area contributed by atoms with Gasteiger partial charge in [0, 0.05) is 9.79 Å². The number of unbranched alkanes of at least 4 members (excludes halogenated alkanes) is 5. The Bertz CT molecular complexity index is 572. The van der Waals surface area contributed by atoms with Gasteiger partial charge in [-0.05, 0) is 59.7 Å². The standard InChI is InChI=1S/C23H32S2/c1-3-5-7-9-19-25-23-16-12-21(13-17-23)20-10-14-22(15-11-20)24-18-8-6-4-2/h10-17H,3-9,18-19H2,1-2H3. The second-order valence-corrected chi connectivity index (χ2v) is 8.85. The van der Waals surface area contributed by atoms with Crippen LogP contribution in [0.25, 0.3) is 11.1 Å². The molecule has 0 nitrogen and oxygen atoms in total. The van der Waals surface area contributed by atoms with Gasteiger partial charge in [0.25, 0.3) is 0 Å². The third-order valence-corrected chi connectivity index (χ3v) is 6.52. The molecule has 0 radical (unpaired) electrons. The molecule has 2 rings (SSSR count). The van der Waals surface area contributed by atoms with Gasteiger partial charge in [-0.15, -0.1) is 23.5 Å². The normalized spacial score (nSPS) is 11.0. The average molecular weight is 373 g/mol. The molecule has 0 aromatic heterocycles. The molecule has 2 heteroatoms. The van der Waals surface area contributed by atoms with Crippen molar-refractivity contribution in [2.45, 2.75) is 68.6 Å². The van der Waals surface area contributed by atoms with Crippen molar-refractivity contribution in [3.63, 3.8) is 0 Å². The quantitative estimate of drug-likeness (QED) is 0.271. The lowest BCUT2D eigenvalue weighted by Gasteiger charge is -2.06. The summed E-state index contributed by atoms with van der Waals surface area (Å²) in [4.78, 5) is 2.78. The molecule has 25 heavy (non-hydrogen) atoms. The van der Waals surface area contributed by atoms with Crippen LogP contribution >= 0.6 is 23.5 Å². The van der Waals surface area contributed by atoms with Crippen LogP contribution in [0.5, 0.6) is 0 Å². The molecule has 136 valence electrons. The van der Waals surface area contributed by atoms with Gasteiger partial charge in [0.05, 0.1) is 0 Å². The smallest absolute Gasteiger partial charge is 0.00723 e. The van der Waals surface area contributed by atoms with Crippen LogP contribution < -0.4 is 0 Å². The number of hydrogen-bond acceptors (Lipinski definition) is 2. The molecule has 0 aliphatic heterocycles. The molecule has 0 aliphatic carbocycles. The van der Waals surface area contributed by atoms with Crippen molar-refractivity contribution in [2.24, 2.45) is 0 Å². The third kappa shape index (κ3) is 7.92. The SMILES string of the molecule is CCCCCCSc1ccc(-c2ccc(SCCCCC)cc2)cc1. The summed E-state index contributed by atoms with van der Waals surface area (Å²) in [5.74, 6) is 2.47. The minimum absolute atomic E-state index is 1.23. The van der Waals surface area contributed by atoms with Crippen molar-refractivity contribution in [1.29, 1.82) is 0 Å². The maximum absolute atomic E-state index is 2.27. The lowest BCUT2D eigenvalue weighted by Crippen LogP contribution is -1.83. The molecule has 0 atom stereocenters. The lowest BCUT2D eigenvalue weighted by atomic mass is 10.1. The molecule has 0 heterocycles. The zero-order chi connectivity index (χ0) is 17.7. The first-order chi connectivity index (χ1) is 12.3. The highest BCUT2D eigenvalue weighted by molar-refractivity contribution is 7.99. The molecule has 0 spiro atoms. The minimum Gasteiger partial charge on any atom is -0.126 e. The minimum atomic E-state index is 1.23. The van der Waals surface area contributed by atoms with E-state index in [2.05, 4.69) is 62.4 Å². The fourth-order valence-corrected chi connectivity index (χ4v) is 4.57. The summed E-state index contributed by atoms with van der Waals surface area (Å²) in [6.45, 7) is 4.53. The van der Waals surface area contributed by atoms with Crippen molar-refractivity contribution in [2.75, 3.05) is 11.5 Å². The highest BCUT2D eigenvalue weighted by Crippen LogP contribution is 2.27. The van der Waals surface area contributed by atoms with Crippen molar-refractivity contribution in [1.82, 2.24) is 0 Å². The zero-order valence-corrected chi connectivity index (χ0v) is 17.4. The Hall–Kier alpha value is -0.860. The van der Waals surface area contributed by atoms with E-state index in [9.17, 15) is 0 Å². The number of thioether (sulfide) groups is 2. The maximum Gasteiger partial charge on any atom is 0.00723 e. The number of benzene rings is 2. The predicted octanol–water partition coefficient (Wildman–Crippen LogP) is 8.31. The van der Waals surface area contributed by atoms with Crippen LogP contribution in [0.3, 0.4) is 0 Å². The Morgan fingerprint density at radius 1 is 0.520 bits per heavy atom. The molecular formula is C23H32S2. The van der Waals surface area contributed by atoms with Gasteiger partial charge in [-0.2, -0.15) is 0 Å². The van der Waals surface area contributed by atoms with Gasteiger partial charge in [0.2, 0.25) is 0 Å². The molecule has 2 aromatic carbocycles. The summed E-state index contributed by atoms with van der Waals surface area (Å²) in [6, 6.07) is 18.1. The highest BCUT2D eigenvalue weighted by Gasteiger charge is 2.00. The molecule has 0 saturated heterocycles. The van der Waals surface area contributed by atoms with E-state index >= 15 is 0 Å². The van der Waals surface area contributed by atoms with Crippen LogP contribution in [0.2, 0.25) is 0 Å². The molecule has 0 amide bonds. The summed E-state index contributed by atoms with van der Waals surface area (Å²) in [5, 5.41) is 0. The third-order valence-electron chi connectivity index (χ3n) is 4.33. The largest absolute Gasteiger partial charge is 0.126 e. The van der Waals surface area contributed by atoms with Gasteiger partial charge < -0.3 is 0 Å². The average Bonchev–Trinajstić information content (AvgIpc) is 2.66. The second-order valence-electron chi connectivity index (χ2n) is 6.51. The fraction of sp³-hybridized carbons (Fsp3) is 0.478. The molecule has 0 bridgehead atoms. The Balaban J connectivity index is 1.80. The van der Waals surface area contributed by atoms with Crippen molar-refractivity contribution < 1.29 is 0 Å². The summed E-state index contributed by atoms with van der Waals surface area (Å²) < 4.78 is 0. The Labute approximate surface area is 163 Å². The van der Waals surface area contributed by atoms with Crippen LogP contribution in [0.15, 0.2) is 58.3 Å². The van der Waals surface area contributed by atoms with E-state index in [1.807, 2.05) is 23.5 Å². The summed E-state index contributed by atoms with van der Waals surface area (Å²) in [5.41, 5.74) is 2.63. The van der Waals surface area contributed by atoms with Gasteiger partial charge in [-0.25, -0.2) is 0 Å². The molecule has 0 N–H and O–H groups in total. The number of hydrogen-bond donors (Lipinski definition) is 0. The summed E-state index contributed by atoms with van der Waals surface area (Å²) >= 11 is 3.96. The molecule has 0 aliphatic rings. The number of rotatable bonds is 12. The van der Waals surface area contributed by atoms with Gasteiger partial charge >= 0.3 is 0 Å². The van der Waals surface area contributed by atoms with Crippen molar-refractivity contribution in [3.8, 4) is 11.1 Å².